The molecule has 5 heterocycles. The quantitative estimate of drug-likeness (QED) is 0.346. The predicted molar refractivity (Wildman–Crippen MR) is 207 cm³/mol. The van der Waals surface area contributed by atoms with Crippen molar-refractivity contribution in [3.8, 4) is 0 Å². The zero-order valence-electron chi connectivity index (χ0n) is 31.5. The van der Waals surface area contributed by atoms with Gasteiger partial charge in [-0.1, -0.05) is 80.9 Å². The highest BCUT2D eigenvalue weighted by Crippen LogP contribution is 2.35. The number of thiazole rings is 1. The molecule has 14 heteroatoms. The Labute approximate surface area is 325 Å². The van der Waals surface area contributed by atoms with E-state index in [9.17, 15) is 24.0 Å². The largest absolute Gasteiger partial charge is 0.474 e. The molecular formula is C41H49N7O6S. The lowest BCUT2D eigenvalue weighted by atomic mass is 9.98. The second-order valence-corrected chi connectivity index (χ2v) is 15.9. The van der Waals surface area contributed by atoms with Gasteiger partial charge in [-0.15, -0.1) is 11.3 Å². The van der Waals surface area contributed by atoms with E-state index in [1.807, 2.05) is 74.5 Å². The number of amides is 5. The molecule has 4 bridgehead atoms. The Morgan fingerprint density at radius 3 is 2.00 bits per heavy atom. The van der Waals surface area contributed by atoms with Crippen molar-refractivity contribution in [1.82, 2.24) is 30.7 Å². The normalized spacial score (nSPS) is 28.2. The van der Waals surface area contributed by atoms with Crippen LogP contribution in [0.1, 0.15) is 85.5 Å². The van der Waals surface area contributed by atoms with Gasteiger partial charge in [0.1, 0.15) is 41.0 Å². The fourth-order valence-electron chi connectivity index (χ4n) is 8.01. The third kappa shape index (κ3) is 8.29. The zero-order valence-corrected chi connectivity index (χ0v) is 32.3. The SMILES string of the molecule is CCC(C)C1NC(=O)C2CCCN2C(=O)C(Cc2ccccc2)NC(=O)c2csc(n2)C2CCCN2C(=O)C(Cc2ccccc2)NC(=O)C2N=C1OC2C. The number of aromatic nitrogens is 1. The van der Waals surface area contributed by atoms with Crippen LogP contribution in [0.15, 0.2) is 71.0 Å². The Bertz CT molecular complexity index is 1920. The van der Waals surface area contributed by atoms with Gasteiger partial charge in [-0.3, -0.25) is 24.0 Å². The van der Waals surface area contributed by atoms with E-state index in [2.05, 4.69) is 16.0 Å². The third-order valence-corrected chi connectivity index (χ3v) is 12.2. The van der Waals surface area contributed by atoms with Gasteiger partial charge in [0, 0.05) is 31.3 Å². The van der Waals surface area contributed by atoms with Crippen LogP contribution in [0.5, 0.6) is 0 Å². The molecule has 8 unspecified atom stereocenters. The highest BCUT2D eigenvalue weighted by atomic mass is 32.1. The maximum Gasteiger partial charge on any atom is 0.271 e. The average Bonchev–Trinajstić information content (AvgIpc) is 4.03. The van der Waals surface area contributed by atoms with E-state index in [1.54, 1.807) is 22.1 Å². The fourth-order valence-corrected chi connectivity index (χ4v) is 8.96. The van der Waals surface area contributed by atoms with E-state index in [4.69, 9.17) is 14.7 Å². The molecular weight excluding hydrogens is 719 g/mol. The Morgan fingerprint density at radius 2 is 1.38 bits per heavy atom. The van der Waals surface area contributed by atoms with E-state index >= 15 is 0 Å². The minimum Gasteiger partial charge on any atom is -0.474 e. The van der Waals surface area contributed by atoms with Crippen LogP contribution in [0.3, 0.4) is 0 Å². The van der Waals surface area contributed by atoms with Gasteiger partial charge in [0.25, 0.3) is 5.91 Å². The highest BCUT2D eigenvalue weighted by molar-refractivity contribution is 7.09. The average molecular weight is 768 g/mol. The Morgan fingerprint density at radius 1 is 0.800 bits per heavy atom. The summed E-state index contributed by atoms with van der Waals surface area (Å²) < 4.78 is 6.23. The first-order chi connectivity index (χ1) is 26.6. The molecule has 13 nitrogen and oxygen atoms in total. The van der Waals surface area contributed by atoms with E-state index in [-0.39, 0.29) is 54.1 Å². The molecule has 1 aromatic heterocycles. The van der Waals surface area contributed by atoms with Crippen LogP contribution in [0.25, 0.3) is 0 Å². The summed E-state index contributed by atoms with van der Waals surface area (Å²) in [6.45, 7) is 6.57. The molecule has 55 heavy (non-hydrogen) atoms. The van der Waals surface area contributed by atoms with Gasteiger partial charge in [0.05, 0.1) is 6.04 Å². The van der Waals surface area contributed by atoms with E-state index in [1.165, 1.54) is 11.3 Å². The van der Waals surface area contributed by atoms with Crippen molar-refractivity contribution in [2.24, 2.45) is 10.9 Å². The van der Waals surface area contributed by atoms with Crippen LogP contribution in [-0.2, 0) is 36.8 Å². The molecule has 2 aromatic carbocycles. The van der Waals surface area contributed by atoms with Crippen molar-refractivity contribution in [3.63, 3.8) is 0 Å². The summed E-state index contributed by atoms with van der Waals surface area (Å²) in [7, 11) is 0. The maximum atomic E-state index is 14.5. The number of ether oxygens (including phenoxy) is 1. The lowest BCUT2D eigenvalue weighted by Gasteiger charge is -2.31. The Balaban J connectivity index is 1.27. The Kier molecular flexibility index (Phi) is 11.6. The van der Waals surface area contributed by atoms with Gasteiger partial charge in [-0.25, -0.2) is 9.98 Å². The zero-order chi connectivity index (χ0) is 38.6. The number of nitrogens with one attached hydrogen (secondary N) is 3. The van der Waals surface area contributed by atoms with Crippen molar-refractivity contribution in [1.29, 1.82) is 0 Å². The molecule has 290 valence electrons. The van der Waals surface area contributed by atoms with Crippen LogP contribution >= 0.6 is 11.3 Å². The minimum absolute atomic E-state index is 0.115. The van der Waals surface area contributed by atoms with Crippen LogP contribution in [0.4, 0.5) is 0 Å². The van der Waals surface area contributed by atoms with E-state index < -0.39 is 48.1 Å². The summed E-state index contributed by atoms with van der Waals surface area (Å²) >= 11 is 1.29. The predicted octanol–water partition coefficient (Wildman–Crippen LogP) is 3.60. The molecule has 3 N–H and O–H groups in total. The number of fused-ring (bicyclic) bond motifs is 6. The molecule has 0 spiro atoms. The molecule has 3 aromatic rings. The molecule has 0 saturated carbocycles. The lowest BCUT2D eigenvalue weighted by Crippen LogP contribution is -2.56. The van der Waals surface area contributed by atoms with Gasteiger partial charge >= 0.3 is 0 Å². The van der Waals surface area contributed by atoms with Gasteiger partial charge < -0.3 is 30.5 Å². The molecule has 8 atom stereocenters. The fraction of sp³-hybridized carbons (Fsp3) is 0.488. The molecule has 0 aliphatic carbocycles. The van der Waals surface area contributed by atoms with Gasteiger partial charge in [0.2, 0.25) is 29.5 Å². The summed E-state index contributed by atoms with van der Waals surface area (Å²) in [6, 6.07) is 14.4. The van der Waals surface area contributed by atoms with Crippen molar-refractivity contribution in [3.05, 3.63) is 87.9 Å². The summed E-state index contributed by atoms with van der Waals surface area (Å²) in [4.78, 5) is 83.8. The topological polar surface area (TPSA) is 162 Å². The number of rotatable bonds is 6. The molecule has 2 saturated heterocycles. The number of benzene rings is 2. The first-order valence-electron chi connectivity index (χ1n) is 19.4. The second-order valence-electron chi connectivity index (χ2n) is 15.0. The number of carbonyl (C=O) groups excluding carboxylic acids is 5. The second kappa shape index (κ2) is 16.7. The van der Waals surface area contributed by atoms with Crippen molar-refractivity contribution < 1.29 is 28.7 Å². The van der Waals surface area contributed by atoms with Crippen LogP contribution in [-0.4, -0.2) is 99.6 Å². The van der Waals surface area contributed by atoms with Crippen LogP contribution in [0, 0.1) is 5.92 Å². The van der Waals surface area contributed by atoms with Crippen molar-refractivity contribution >= 4 is 46.8 Å². The van der Waals surface area contributed by atoms with Crippen molar-refractivity contribution in [2.45, 2.75) is 108 Å². The molecule has 7 rings (SSSR count). The summed E-state index contributed by atoms with van der Waals surface area (Å²) in [5.74, 6) is -1.78. The summed E-state index contributed by atoms with van der Waals surface area (Å²) in [5, 5.41) is 11.4. The lowest BCUT2D eigenvalue weighted by molar-refractivity contribution is -0.140. The molecule has 0 radical (unpaired) electrons. The monoisotopic (exact) mass is 767 g/mol. The molecule has 4 aliphatic heterocycles. The van der Waals surface area contributed by atoms with E-state index in [0.29, 0.717) is 43.8 Å². The van der Waals surface area contributed by atoms with Gasteiger partial charge in [-0.05, 0) is 49.7 Å². The Hall–Kier alpha value is -5.11. The first-order valence-corrected chi connectivity index (χ1v) is 20.3. The number of carbonyl (C=O) groups is 5. The smallest absolute Gasteiger partial charge is 0.271 e. The highest BCUT2D eigenvalue weighted by Gasteiger charge is 2.44. The minimum atomic E-state index is -0.961. The van der Waals surface area contributed by atoms with Gasteiger partial charge in [-0.2, -0.15) is 0 Å². The van der Waals surface area contributed by atoms with Crippen molar-refractivity contribution in [2.75, 3.05) is 13.1 Å². The third-order valence-electron chi connectivity index (χ3n) is 11.3. The van der Waals surface area contributed by atoms with E-state index in [0.717, 1.165) is 17.5 Å². The molecule has 4 aliphatic rings. The van der Waals surface area contributed by atoms with Crippen LogP contribution in [0.2, 0.25) is 0 Å². The number of nitrogens with zero attached hydrogens (tertiary/aromatic N) is 4. The summed E-state index contributed by atoms with van der Waals surface area (Å²) in [5.41, 5.74) is 1.90. The standard InChI is InChI=1S/C41H49N7O6S/c1-4-24(2)33-38-46-34(25(3)54-38)37(51)43-29(22-27-15-9-6-10-16-27)41(53)48-20-12-18-32(48)39-44-30(23-55-39)35(49)42-28(21-26-13-7-5-8-14-26)40(52)47-19-11-17-31(47)36(50)45-33/h5-10,13-16,23-25,28-29,31-34H,4,11-12,17-22H2,1-3H3,(H,42,49)(H,43,51)(H,45,50). The number of aliphatic imine (C=N–C) groups is 1. The van der Waals surface area contributed by atoms with Crippen LogP contribution < -0.4 is 16.0 Å². The number of hydrogen-bond acceptors (Lipinski definition) is 9. The first kappa shape index (κ1) is 38.2. The molecule has 2 fully saturated rings. The maximum absolute atomic E-state index is 14.5. The van der Waals surface area contributed by atoms with Gasteiger partial charge in [0.15, 0.2) is 6.04 Å². The number of hydrogen-bond donors (Lipinski definition) is 3. The molecule has 5 amide bonds. The summed E-state index contributed by atoms with van der Waals surface area (Å²) in [6.07, 6.45) is 2.98.